The number of rotatable bonds is 4. The van der Waals surface area contributed by atoms with E-state index in [0.29, 0.717) is 5.76 Å². The highest BCUT2D eigenvalue weighted by molar-refractivity contribution is 6.35. The number of carbonyl (C=O) groups is 2. The molecule has 6 heteroatoms. The molecular weight excluding hydrogens is 270 g/mol. The van der Waals surface area contributed by atoms with E-state index in [0.717, 1.165) is 5.56 Å². The predicted molar refractivity (Wildman–Crippen MR) is 77.4 cm³/mol. The highest BCUT2D eigenvalue weighted by Crippen LogP contribution is 2.10. The van der Waals surface area contributed by atoms with Crippen LogP contribution in [-0.2, 0) is 9.59 Å². The maximum absolute atomic E-state index is 11.7. The summed E-state index contributed by atoms with van der Waals surface area (Å²) in [6.45, 7) is 1.80. The zero-order chi connectivity index (χ0) is 15.1. The average molecular weight is 285 g/mol. The van der Waals surface area contributed by atoms with Crippen LogP contribution in [0.1, 0.15) is 24.3 Å². The Morgan fingerprint density at radius 1 is 1.14 bits per heavy atom. The average Bonchev–Trinajstić information content (AvgIpc) is 3.01. The molecule has 0 aliphatic heterocycles. The summed E-state index contributed by atoms with van der Waals surface area (Å²) in [6.07, 6.45) is 2.79. The molecule has 1 unspecified atom stereocenters. The van der Waals surface area contributed by atoms with Crippen LogP contribution in [-0.4, -0.2) is 18.0 Å². The molecule has 21 heavy (non-hydrogen) atoms. The summed E-state index contributed by atoms with van der Waals surface area (Å²) in [4.78, 5) is 23.3. The third-order valence-electron chi connectivity index (χ3n) is 2.75. The first-order valence-electron chi connectivity index (χ1n) is 6.39. The maximum atomic E-state index is 11.7. The monoisotopic (exact) mass is 285 g/mol. The van der Waals surface area contributed by atoms with E-state index >= 15 is 0 Å². The number of amides is 2. The first-order chi connectivity index (χ1) is 10.2. The fourth-order valence-electron chi connectivity index (χ4n) is 1.66. The molecule has 0 aliphatic carbocycles. The van der Waals surface area contributed by atoms with Gasteiger partial charge in [-0.2, -0.15) is 5.10 Å². The van der Waals surface area contributed by atoms with Crippen LogP contribution >= 0.6 is 0 Å². The van der Waals surface area contributed by atoms with Crippen molar-refractivity contribution in [1.29, 1.82) is 0 Å². The van der Waals surface area contributed by atoms with Gasteiger partial charge in [0, 0.05) is 0 Å². The Labute approximate surface area is 121 Å². The molecule has 0 bridgehead atoms. The minimum absolute atomic E-state index is 0.265. The van der Waals surface area contributed by atoms with Crippen LogP contribution in [0.4, 0.5) is 0 Å². The molecule has 2 amide bonds. The van der Waals surface area contributed by atoms with Crippen LogP contribution in [0.25, 0.3) is 0 Å². The molecule has 0 aliphatic rings. The molecule has 1 aromatic heterocycles. The Morgan fingerprint density at radius 2 is 1.90 bits per heavy atom. The first-order valence-corrected chi connectivity index (χ1v) is 6.39. The number of nitrogens with zero attached hydrogens (tertiary/aromatic N) is 1. The van der Waals surface area contributed by atoms with E-state index in [1.54, 1.807) is 19.1 Å². The quantitative estimate of drug-likeness (QED) is 0.508. The summed E-state index contributed by atoms with van der Waals surface area (Å²) in [7, 11) is 0. The number of hydrogen-bond donors (Lipinski definition) is 2. The Balaban J connectivity index is 1.84. The molecule has 2 aromatic rings. The molecule has 6 nitrogen and oxygen atoms in total. The van der Waals surface area contributed by atoms with Crippen molar-refractivity contribution in [3.05, 3.63) is 60.1 Å². The molecule has 1 aromatic carbocycles. The fourth-order valence-corrected chi connectivity index (χ4v) is 1.66. The van der Waals surface area contributed by atoms with E-state index in [1.807, 2.05) is 30.3 Å². The molecule has 0 saturated heterocycles. The highest BCUT2D eigenvalue weighted by atomic mass is 16.3. The maximum Gasteiger partial charge on any atom is 0.329 e. The number of furan rings is 1. The van der Waals surface area contributed by atoms with Crippen molar-refractivity contribution >= 4 is 18.0 Å². The van der Waals surface area contributed by atoms with Crippen LogP contribution in [0.3, 0.4) is 0 Å². The van der Waals surface area contributed by atoms with Gasteiger partial charge in [-0.1, -0.05) is 30.3 Å². The van der Waals surface area contributed by atoms with Gasteiger partial charge in [-0.15, -0.1) is 0 Å². The molecule has 0 radical (unpaired) electrons. The van der Waals surface area contributed by atoms with Gasteiger partial charge in [0.1, 0.15) is 5.76 Å². The van der Waals surface area contributed by atoms with Crippen molar-refractivity contribution in [3.63, 3.8) is 0 Å². The Morgan fingerprint density at radius 3 is 2.57 bits per heavy atom. The summed E-state index contributed by atoms with van der Waals surface area (Å²) < 4.78 is 5.00. The molecule has 0 saturated carbocycles. The second kappa shape index (κ2) is 7.04. The van der Waals surface area contributed by atoms with Crippen molar-refractivity contribution in [3.8, 4) is 0 Å². The van der Waals surface area contributed by atoms with E-state index < -0.39 is 11.8 Å². The molecule has 108 valence electrons. The van der Waals surface area contributed by atoms with Crippen molar-refractivity contribution in [1.82, 2.24) is 10.7 Å². The van der Waals surface area contributed by atoms with E-state index in [9.17, 15) is 9.59 Å². The van der Waals surface area contributed by atoms with Gasteiger partial charge in [0.2, 0.25) is 0 Å². The normalized spacial score (nSPS) is 12.0. The van der Waals surface area contributed by atoms with Crippen molar-refractivity contribution < 1.29 is 14.0 Å². The van der Waals surface area contributed by atoms with Crippen LogP contribution in [0.2, 0.25) is 0 Å². The van der Waals surface area contributed by atoms with E-state index in [2.05, 4.69) is 15.8 Å². The van der Waals surface area contributed by atoms with Gasteiger partial charge < -0.3 is 9.73 Å². The summed E-state index contributed by atoms with van der Waals surface area (Å²) in [6, 6.07) is 12.5. The lowest BCUT2D eigenvalue weighted by atomic mass is 10.1. The lowest BCUT2D eigenvalue weighted by molar-refractivity contribution is -0.139. The van der Waals surface area contributed by atoms with Crippen LogP contribution in [0.15, 0.2) is 58.2 Å². The summed E-state index contributed by atoms with van der Waals surface area (Å²) in [5.41, 5.74) is 3.05. The van der Waals surface area contributed by atoms with E-state index in [1.165, 1.54) is 12.5 Å². The van der Waals surface area contributed by atoms with E-state index in [4.69, 9.17) is 4.42 Å². The second-order valence-electron chi connectivity index (χ2n) is 4.32. The predicted octanol–water partition coefficient (Wildman–Crippen LogP) is 1.61. The first kappa shape index (κ1) is 14.5. The van der Waals surface area contributed by atoms with Crippen molar-refractivity contribution in [2.24, 2.45) is 5.10 Å². The number of hydrazone groups is 1. The summed E-state index contributed by atoms with van der Waals surface area (Å²) in [5.74, 6) is -1.10. The van der Waals surface area contributed by atoms with Crippen molar-refractivity contribution in [2.75, 3.05) is 0 Å². The number of hydrogen-bond acceptors (Lipinski definition) is 4. The van der Waals surface area contributed by atoms with E-state index in [-0.39, 0.29) is 6.04 Å². The molecule has 2 N–H and O–H groups in total. The SMILES string of the molecule is CC(NC(=O)C(=O)NN=Cc1ccco1)c1ccccc1. The Bertz CT molecular complexity index is 621. The standard InChI is InChI=1S/C15H15N3O3/c1-11(12-6-3-2-4-7-12)17-14(19)15(20)18-16-10-13-8-5-9-21-13/h2-11H,1H3,(H,17,19)(H,18,20). The molecule has 1 heterocycles. The minimum atomic E-state index is -0.833. The van der Waals surface area contributed by atoms with Crippen molar-refractivity contribution in [2.45, 2.75) is 13.0 Å². The topological polar surface area (TPSA) is 83.7 Å². The van der Waals surface area contributed by atoms with Gasteiger partial charge in [-0.3, -0.25) is 9.59 Å². The smallest absolute Gasteiger partial charge is 0.329 e. The van der Waals surface area contributed by atoms with Gasteiger partial charge in [0.25, 0.3) is 0 Å². The number of nitrogens with one attached hydrogen (secondary N) is 2. The highest BCUT2D eigenvalue weighted by Gasteiger charge is 2.16. The van der Waals surface area contributed by atoms with Gasteiger partial charge in [0.15, 0.2) is 0 Å². The van der Waals surface area contributed by atoms with Gasteiger partial charge in [-0.05, 0) is 24.6 Å². The van der Waals surface area contributed by atoms with Crippen LogP contribution in [0.5, 0.6) is 0 Å². The zero-order valence-corrected chi connectivity index (χ0v) is 11.4. The summed E-state index contributed by atoms with van der Waals surface area (Å²) in [5, 5.41) is 6.23. The number of carbonyl (C=O) groups excluding carboxylic acids is 2. The molecule has 1 atom stereocenters. The molecule has 0 spiro atoms. The van der Waals surface area contributed by atoms with Crippen LogP contribution in [0, 0.1) is 0 Å². The lowest BCUT2D eigenvalue weighted by Crippen LogP contribution is -2.39. The Hall–Kier alpha value is -2.89. The largest absolute Gasteiger partial charge is 0.463 e. The third kappa shape index (κ3) is 4.31. The molecule has 0 fully saturated rings. The van der Waals surface area contributed by atoms with Gasteiger partial charge in [-0.25, -0.2) is 5.43 Å². The fraction of sp³-hybridized carbons (Fsp3) is 0.133. The van der Waals surface area contributed by atoms with Gasteiger partial charge in [0.05, 0.1) is 18.5 Å². The van der Waals surface area contributed by atoms with Gasteiger partial charge >= 0.3 is 11.8 Å². The second-order valence-corrected chi connectivity index (χ2v) is 4.32. The Kier molecular flexibility index (Phi) is 4.87. The molecular formula is C15H15N3O3. The lowest BCUT2D eigenvalue weighted by Gasteiger charge is -2.13. The summed E-state index contributed by atoms with van der Waals surface area (Å²) >= 11 is 0. The number of benzene rings is 1. The third-order valence-corrected chi connectivity index (χ3v) is 2.75. The zero-order valence-electron chi connectivity index (χ0n) is 11.4. The minimum Gasteiger partial charge on any atom is -0.463 e. The molecule has 2 rings (SSSR count). The van der Waals surface area contributed by atoms with Crippen LogP contribution < -0.4 is 10.7 Å².